The van der Waals surface area contributed by atoms with Gasteiger partial charge in [0.05, 0.1) is 16.3 Å². The first-order valence-corrected chi connectivity index (χ1v) is 12.7. The Kier molecular flexibility index (Phi) is 5.91. The normalized spacial score (nSPS) is 17.6. The number of benzene rings is 1. The average Bonchev–Trinajstić information content (AvgIpc) is 3.65. The molecule has 1 saturated carbocycles. The molecule has 5 rings (SSSR count). The number of hydrogen-bond donors (Lipinski definition) is 3. The van der Waals surface area contributed by atoms with E-state index in [4.69, 9.17) is 0 Å². The number of alkyl halides is 3. The second-order valence-corrected chi connectivity index (χ2v) is 10.8. The molecule has 0 radical (unpaired) electrons. The van der Waals surface area contributed by atoms with E-state index in [0.717, 1.165) is 12.1 Å². The quantitative estimate of drug-likeness (QED) is 0.468. The van der Waals surface area contributed by atoms with E-state index in [2.05, 4.69) is 25.0 Å². The summed E-state index contributed by atoms with van der Waals surface area (Å²) in [6.07, 6.45) is -0.444. The van der Waals surface area contributed by atoms with Gasteiger partial charge in [0, 0.05) is 31.0 Å². The average molecular weight is 509 g/mol. The SMILES string of the molecule is O=c1[nH]ccc2nc(N3CCC(NS(=O)(=O)C4CC4)CC3)nc(Nc3ccc(C(F)(F)F)cc3)c12. The highest BCUT2D eigenvalue weighted by atomic mass is 32.2. The minimum absolute atomic E-state index is 0.162. The second kappa shape index (κ2) is 8.79. The monoisotopic (exact) mass is 508 g/mol. The molecule has 0 spiro atoms. The van der Waals surface area contributed by atoms with Crippen LogP contribution in [0, 0.1) is 0 Å². The second-order valence-electron chi connectivity index (χ2n) is 8.76. The number of rotatable bonds is 6. The van der Waals surface area contributed by atoms with Crippen LogP contribution in [0.5, 0.6) is 0 Å². The summed E-state index contributed by atoms with van der Waals surface area (Å²) in [7, 11) is -3.27. The van der Waals surface area contributed by atoms with Crippen LogP contribution in [0.1, 0.15) is 31.2 Å². The highest BCUT2D eigenvalue weighted by molar-refractivity contribution is 7.90. The molecule has 1 aliphatic heterocycles. The van der Waals surface area contributed by atoms with Gasteiger partial charge >= 0.3 is 6.18 Å². The zero-order valence-corrected chi connectivity index (χ0v) is 19.3. The minimum Gasteiger partial charge on any atom is -0.341 e. The summed E-state index contributed by atoms with van der Waals surface area (Å²) in [5, 5.41) is 2.86. The molecule has 0 bridgehead atoms. The van der Waals surface area contributed by atoms with Crippen molar-refractivity contribution in [3.8, 4) is 0 Å². The van der Waals surface area contributed by atoms with Crippen molar-refractivity contribution in [3.63, 3.8) is 0 Å². The van der Waals surface area contributed by atoms with Crippen LogP contribution in [-0.2, 0) is 16.2 Å². The lowest BCUT2D eigenvalue weighted by Crippen LogP contribution is -2.46. The van der Waals surface area contributed by atoms with E-state index in [-0.39, 0.29) is 22.5 Å². The number of hydrogen-bond acceptors (Lipinski definition) is 7. The van der Waals surface area contributed by atoms with Gasteiger partial charge in [-0.1, -0.05) is 0 Å². The lowest BCUT2D eigenvalue weighted by molar-refractivity contribution is -0.137. The molecule has 13 heteroatoms. The first-order valence-electron chi connectivity index (χ1n) is 11.2. The van der Waals surface area contributed by atoms with Gasteiger partial charge in [0.25, 0.3) is 5.56 Å². The summed E-state index contributed by atoms with van der Waals surface area (Å²) >= 11 is 0. The smallest absolute Gasteiger partial charge is 0.341 e. The minimum atomic E-state index is -4.45. The van der Waals surface area contributed by atoms with Gasteiger partial charge in [-0.3, -0.25) is 4.79 Å². The first kappa shape index (κ1) is 23.5. The molecule has 1 saturated heterocycles. The Bertz CT molecular complexity index is 1400. The topological polar surface area (TPSA) is 120 Å². The number of H-pyrrole nitrogens is 1. The highest BCUT2D eigenvalue weighted by Crippen LogP contribution is 2.32. The predicted molar refractivity (Wildman–Crippen MR) is 125 cm³/mol. The third kappa shape index (κ3) is 5.10. The maximum Gasteiger partial charge on any atom is 0.416 e. The van der Waals surface area contributed by atoms with Crippen LogP contribution < -0.4 is 20.5 Å². The third-order valence-corrected chi connectivity index (χ3v) is 8.17. The van der Waals surface area contributed by atoms with Crippen molar-refractivity contribution < 1.29 is 21.6 Å². The number of pyridine rings is 1. The number of aromatic amines is 1. The molecule has 35 heavy (non-hydrogen) atoms. The van der Waals surface area contributed by atoms with Crippen LogP contribution in [0.4, 0.5) is 30.6 Å². The van der Waals surface area contributed by atoms with E-state index in [0.29, 0.717) is 55.9 Å². The van der Waals surface area contributed by atoms with Crippen molar-refractivity contribution in [2.75, 3.05) is 23.3 Å². The van der Waals surface area contributed by atoms with Gasteiger partial charge < -0.3 is 15.2 Å². The van der Waals surface area contributed by atoms with Crippen LogP contribution >= 0.6 is 0 Å². The van der Waals surface area contributed by atoms with E-state index >= 15 is 0 Å². The molecular weight excluding hydrogens is 485 g/mol. The molecule has 0 amide bonds. The van der Waals surface area contributed by atoms with Gasteiger partial charge in [0.2, 0.25) is 16.0 Å². The van der Waals surface area contributed by atoms with Crippen molar-refractivity contribution in [1.82, 2.24) is 19.7 Å². The largest absolute Gasteiger partial charge is 0.416 e. The molecular formula is C22H23F3N6O3S. The summed E-state index contributed by atoms with van der Waals surface area (Å²) < 4.78 is 65.9. The highest BCUT2D eigenvalue weighted by Gasteiger charge is 2.37. The molecule has 186 valence electrons. The van der Waals surface area contributed by atoms with Crippen molar-refractivity contribution in [1.29, 1.82) is 0 Å². The fraction of sp³-hybridized carbons (Fsp3) is 0.409. The number of sulfonamides is 1. The Labute approximate surface area is 198 Å². The summed E-state index contributed by atoms with van der Waals surface area (Å²) in [6, 6.07) is 5.89. The molecule has 2 aromatic heterocycles. The number of halogens is 3. The van der Waals surface area contributed by atoms with Crippen molar-refractivity contribution >= 4 is 38.4 Å². The van der Waals surface area contributed by atoms with Crippen LogP contribution in [0.3, 0.4) is 0 Å². The fourth-order valence-corrected chi connectivity index (χ4v) is 5.74. The summed E-state index contributed by atoms with van der Waals surface area (Å²) in [4.78, 5) is 26.0. The Morgan fingerprint density at radius 3 is 2.31 bits per heavy atom. The number of fused-ring (bicyclic) bond motifs is 1. The summed E-state index contributed by atoms with van der Waals surface area (Å²) in [5.74, 6) is 0.518. The number of aromatic nitrogens is 3. The van der Waals surface area contributed by atoms with Gasteiger partial charge in [0.1, 0.15) is 11.2 Å². The van der Waals surface area contributed by atoms with Crippen molar-refractivity contribution in [2.24, 2.45) is 0 Å². The zero-order valence-electron chi connectivity index (χ0n) is 18.5. The molecule has 3 aromatic rings. The number of piperidine rings is 1. The number of nitrogens with one attached hydrogen (secondary N) is 3. The molecule has 0 atom stereocenters. The molecule has 0 unspecified atom stereocenters. The third-order valence-electron chi connectivity index (χ3n) is 6.15. The van der Waals surface area contributed by atoms with Crippen LogP contribution in [0.2, 0.25) is 0 Å². The van der Waals surface area contributed by atoms with E-state index < -0.39 is 27.3 Å². The first-order chi connectivity index (χ1) is 16.6. The standard InChI is InChI=1S/C22H23F3N6O3S/c23-22(24,25)13-1-3-14(4-2-13)27-19-18-17(7-10-26-20(18)32)28-21(29-19)31-11-8-15(9-12-31)30-35(33,34)16-5-6-16/h1-4,7,10,15-16,30H,5-6,8-9,11-12H2,(H,26,32)(H,27,28,29). The molecule has 3 N–H and O–H groups in total. The molecule has 9 nitrogen and oxygen atoms in total. The van der Waals surface area contributed by atoms with E-state index in [1.54, 1.807) is 6.07 Å². The van der Waals surface area contributed by atoms with Crippen molar-refractivity contribution in [2.45, 2.75) is 43.2 Å². The van der Waals surface area contributed by atoms with Crippen LogP contribution in [-0.4, -0.2) is 47.8 Å². The zero-order chi connectivity index (χ0) is 24.8. The molecule has 1 aromatic carbocycles. The molecule has 1 aliphatic carbocycles. The van der Waals surface area contributed by atoms with E-state index in [9.17, 15) is 26.4 Å². The van der Waals surface area contributed by atoms with Gasteiger partial charge in [0.15, 0.2) is 0 Å². The maximum absolute atomic E-state index is 12.9. The van der Waals surface area contributed by atoms with Crippen LogP contribution in [0.15, 0.2) is 41.3 Å². The molecule has 2 fully saturated rings. The lowest BCUT2D eigenvalue weighted by Gasteiger charge is -2.32. The summed E-state index contributed by atoms with van der Waals surface area (Å²) in [6.45, 7) is 1.01. The summed E-state index contributed by atoms with van der Waals surface area (Å²) in [5.41, 5.74) is -0.504. The van der Waals surface area contributed by atoms with Crippen LogP contribution in [0.25, 0.3) is 10.9 Å². The Morgan fingerprint density at radius 1 is 1.00 bits per heavy atom. The van der Waals surface area contributed by atoms with Gasteiger partial charge in [-0.25, -0.2) is 18.1 Å². The predicted octanol–water partition coefficient (Wildman–Crippen LogP) is 3.13. The molecule has 2 aliphatic rings. The van der Waals surface area contributed by atoms with E-state index in [1.807, 2.05) is 4.90 Å². The van der Waals surface area contributed by atoms with Gasteiger partial charge in [-0.15, -0.1) is 0 Å². The van der Waals surface area contributed by atoms with Gasteiger partial charge in [-0.05, 0) is 56.0 Å². The van der Waals surface area contributed by atoms with E-state index in [1.165, 1.54) is 18.3 Å². The van der Waals surface area contributed by atoms with Crippen molar-refractivity contribution in [3.05, 3.63) is 52.4 Å². The Balaban J connectivity index is 1.39. The lowest BCUT2D eigenvalue weighted by atomic mass is 10.1. The Morgan fingerprint density at radius 2 is 1.69 bits per heavy atom. The number of anilines is 3. The van der Waals surface area contributed by atoms with Gasteiger partial charge in [-0.2, -0.15) is 18.2 Å². The fourth-order valence-electron chi connectivity index (χ4n) is 4.09. The Hall–Kier alpha value is -3.19. The number of nitrogens with zero attached hydrogens (tertiary/aromatic N) is 3. The molecule has 3 heterocycles. The maximum atomic E-state index is 12.9.